The Labute approximate surface area is 181 Å². The molecule has 3 aromatic rings. The van der Waals surface area contributed by atoms with Crippen LogP contribution in [0.25, 0.3) is 10.4 Å². The lowest BCUT2D eigenvalue weighted by molar-refractivity contribution is 0.0423. The lowest BCUT2D eigenvalue weighted by Crippen LogP contribution is -2.33. The number of benzene rings is 3. The second kappa shape index (κ2) is 9.09. The molecule has 1 fully saturated rings. The highest BCUT2D eigenvalue weighted by Crippen LogP contribution is 2.55. The van der Waals surface area contributed by atoms with Crippen LogP contribution in [0.3, 0.4) is 0 Å². The van der Waals surface area contributed by atoms with E-state index in [-0.39, 0.29) is 18.7 Å². The summed E-state index contributed by atoms with van der Waals surface area (Å²) in [5, 5.41) is 13.9. The van der Waals surface area contributed by atoms with E-state index in [9.17, 15) is 9.67 Å². The summed E-state index contributed by atoms with van der Waals surface area (Å²) in [4.78, 5) is 2.79. The maximum Gasteiger partial charge on any atom is 0.144 e. The second-order valence-electron chi connectivity index (χ2n) is 7.82. The highest BCUT2D eigenvalue weighted by atomic mass is 31.2. The summed E-state index contributed by atoms with van der Waals surface area (Å²) in [6, 6.07) is 28.9. The third-order valence-corrected chi connectivity index (χ3v) is 8.42. The first-order valence-corrected chi connectivity index (χ1v) is 12.4. The summed E-state index contributed by atoms with van der Waals surface area (Å²) in [7, 11) is -2.91. The largest absolute Gasteiger partial charge is 0.392 e. The molecule has 3 atom stereocenters. The molecule has 1 aliphatic rings. The molecule has 0 unspecified atom stereocenters. The third kappa shape index (κ3) is 4.30. The zero-order chi connectivity index (χ0) is 21.7. The van der Waals surface area contributed by atoms with Crippen LogP contribution < -0.4 is 0 Å². The summed E-state index contributed by atoms with van der Waals surface area (Å²) in [5.74, 6) is 0. The highest BCUT2D eigenvalue weighted by molar-refractivity contribution is 7.64. The minimum absolute atomic E-state index is 0.0276. The zero-order valence-electron chi connectivity index (χ0n) is 17.0. The molecular weight excluding hydrogens is 409 g/mol. The molecule has 0 saturated carbocycles. The number of rotatable bonds is 7. The van der Waals surface area contributed by atoms with E-state index in [0.717, 1.165) is 16.7 Å². The smallest absolute Gasteiger partial charge is 0.144 e. The molecular formula is C24H24N3O3P. The van der Waals surface area contributed by atoms with Gasteiger partial charge in [-0.3, -0.25) is 0 Å². The molecule has 1 saturated heterocycles. The summed E-state index contributed by atoms with van der Waals surface area (Å²) in [6.45, 7) is 0. The van der Waals surface area contributed by atoms with Crippen molar-refractivity contribution >= 4 is 7.14 Å². The Hall–Kier alpha value is -2.88. The molecule has 158 valence electrons. The van der Waals surface area contributed by atoms with Crippen molar-refractivity contribution in [2.75, 3.05) is 18.7 Å². The van der Waals surface area contributed by atoms with E-state index in [1.165, 1.54) is 0 Å². The van der Waals surface area contributed by atoms with Gasteiger partial charge in [0, 0.05) is 17.2 Å². The Morgan fingerprint density at radius 1 is 0.903 bits per heavy atom. The fraction of sp³-hybridized carbons (Fsp3) is 0.250. The normalized spacial score (nSPS) is 23.3. The Bertz CT molecular complexity index is 1010. The molecule has 7 heteroatoms. The molecule has 1 aliphatic heterocycles. The minimum Gasteiger partial charge on any atom is -0.392 e. The van der Waals surface area contributed by atoms with Gasteiger partial charge in [0.15, 0.2) is 0 Å². The van der Waals surface area contributed by atoms with Crippen LogP contribution in [0, 0.1) is 0 Å². The standard InChI is InChI=1S/C24H24N3O3P/c25-27-26-22-16-31(29,17-23(22)28)18-30-24(19-10-4-1-5-11-19,20-12-6-2-7-13-20)21-14-8-3-9-15-21/h1-15,22-23,28H,16-18H2/t22-,23-,31-/m1/s1. The van der Waals surface area contributed by atoms with Crippen LogP contribution in [0.15, 0.2) is 96.1 Å². The molecule has 0 radical (unpaired) electrons. The van der Waals surface area contributed by atoms with Crippen molar-refractivity contribution < 1.29 is 14.4 Å². The van der Waals surface area contributed by atoms with Crippen LogP contribution in [-0.4, -0.2) is 35.9 Å². The fourth-order valence-electron chi connectivity index (χ4n) is 4.27. The van der Waals surface area contributed by atoms with Crippen molar-refractivity contribution in [3.05, 3.63) is 118 Å². The van der Waals surface area contributed by atoms with E-state index in [2.05, 4.69) is 10.0 Å². The van der Waals surface area contributed by atoms with E-state index in [1.54, 1.807) is 0 Å². The van der Waals surface area contributed by atoms with Gasteiger partial charge < -0.3 is 14.4 Å². The van der Waals surface area contributed by atoms with Crippen LogP contribution in [0.1, 0.15) is 16.7 Å². The molecule has 6 nitrogen and oxygen atoms in total. The molecule has 1 heterocycles. The van der Waals surface area contributed by atoms with Crippen molar-refractivity contribution in [3.63, 3.8) is 0 Å². The van der Waals surface area contributed by atoms with E-state index in [0.29, 0.717) is 0 Å². The maximum absolute atomic E-state index is 13.6. The molecule has 0 aromatic heterocycles. The van der Waals surface area contributed by atoms with Crippen LogP contribution in [0.4, 0.5) is 0 Å². The van der Waals surface area contributed by atoms with Crippen molar-refractivity contribution in [2.24, 2.45) is 5.11 Å². The van der Waals surface area contributed by atoms with E-state index in [4.69, 9.17) is 10.3 Å². The summed E-state index contributed by atoms with van der Waals surface area (Å²) in [5.41, 5.74) is 10.5. The van der Waals surface area contributed by atoms with Gasteiger partial charge in [-0.15, -0.1) is 0 Å². The first-order chi connectivity index (χ1) is 15.1. The molecule has 31 heavy (non-hydrogen) atoms. The van der Waals surface area contributed by atoms with E-state index in [1.807, 2.05) is 91.0 Å². The number of aliphatic hydroxyl groups excluding tert-OH is 1. The van der Waals surface area contributed by atoms with Gasteiger partial charge in [0.2, 0.25) is 0 Å². The Balaban J connectivity index is 1.80. The quantitative estimate of drug-likeness (QED) is 0.178. The number of ether oxygens (including phenoxy) is 1. The number of hydrogen-bond donors (Lipinski definition) is 1. The molecule has 0 spiro atoms. The highest BCUT2D eigenvalue weighted by Gasteiger charge is 2.44. The maximum atomic E-state index is 13.6. The number of azide groups is 1. The van der Waals surface area contributed by atoms with Gasteiger partial charge >= 0.3 is 0 Å². The predicted octanol–water partition coefficient (Wildman–Crippen LogP) is 5.37. The van der Waals surface area contributed by atoms with Gasteiger partial charge in [-0.2, -0.15) is 0 Å². The fourth-order valence-corrected chi connectivity index (χ4v) is 6.98. The van der Waals surface area contributed by atoms with Gasteiger partial charge in [0.1, 0.15) is 19.1 Å². The number of aliphatic hydroxyl groups is 1. The summed E-state index contributed by atoms with van der Waals surface area (Å²) in [6.07, 6.45) is -0.706. The summed E-state index contributed by atoms with van der Waals surface area (Å²) < 4.78 is 20.2. The number of hydrogen-bond acceptors (Lipinski definition) is 4. The topological polar surface area (TPSA) is 95.3 Å². The van der Waals surface area contributed by atoms with Gasteiger partial charge in [0.05, 0.1) is 12.1 Å². The second-order valence-corrected chi connectivity index (χ2v) is 10.9. The van der Waals surface area contributed by atoms with Crippen molar-refractivity contribution in [3.8, 4) is 0 Å². The molecule has 3 aromatic carbocycles. The number of nitrogens with zero attached hydrogens (tertiary/aromatic N) is 3. The first-order valence-electron chi connectivity index (χ1n) is 10.2. The Kier molecular flexibility index (Phi) is 6.26. The molecule has 4 rings (SSSR count). The lowest BCUT2D eigenvalue weighted by Gasteiger charge is -2.36. The van der Waals surface area contributed by atoms with Gasteiger partial charge in [-0.25, -0.2) is 0 Å². The third-order valence-electron chi connectivity index (χ3n) is 5.74. The first kappa shape index (κ1) is 21.4. The van der Waals surface area contributed by atoms with E-state index < -0.39 is 24.9 Å². The Morgan fingerprint density at radius 2 is 1.35 bits per heavy atom. The summed E-state index contributed by atoms with van der Waals surface area (Å²) >= 11 is 0. The van der Waals surface area contributed by atoms with Gasteiger partial charge in [-0.05, 0) is 22.2 Å². The molecule has 1 N–H and O–H groups in total. The van der Waals surface area contributed by atoms with Crippen molar-refractivity contribution in [1.82, 2.24) is 0 Å². The van der Waals surface area contributed by atoms with Crippen molar-refractivity contribution in [2.45, 2.75) is 17.7 Å². The van der Waals surface area contributed by atoms with Crippen LogP contribution in [0.2, 0.25) is 0 Å². The van der Waals surface area contributed by atoms with Gasteiger partial charge in [0.25, 0.3) is 0 Å². The average Bonchev–Trinajstić information content (AvgIpc) is 3.10. The van der Waals surface area contributed by atoms with Crippen LogP contribution in [-0.2, 0) is 14.9 Å². The molecule has 0 bridgehead atoms. The molecule has 0 amide bonds. The monoisotopic (exact) mass is 433 g/mol. The zero-order valence-corrected chi connectivity index (χ0v) is 17.9. The average molecular weight is 433 g/mol. The van der Waals surface area contributed by atoms with E-state index >= 15 is 0 Å². The SMILES string of the molecule is [N-]=[N+]=N[C@@H]1C[P@](=O)(COC(c2ccccc2)(c2ccccc2)c2ccccc2)C[C@H]1O. The van der Waals surface area contributed by atoms with Gasteiger partial charge in [-0.1, -0.05) is 96.1 Å². The van der Waals surface area contributed by atoms with Crippen LogP contribution >= 0.6 is 7.14 Å². The lowest BCUT2D eigenvalue weighted by atomic mass is 9.80. The molecule has 0 aliphatic carbocycles. The Morgan fingerprint density at radius 3 is 1.77 bits per heavy atom. The van der Waals surface area contributed by atoms with Crippen molar-refractivity contribution in [1.29, 1.82) is 0 Å². The minimum atomic E-state index is -2.91. The van der Waals surface area contributed by atoms with Crippen LogP contribution in [0.5, 0.6) is 0 Å². The predicted molar refractivity (Wildman–Crippen MR) is 121 cm³/mol.